The van der Waals surface area contributed by atoms with Crippen LogP contribution in [0.4, 0.5) is 5.69 Å². The van der Waals surface area contributed by atoms with E-state index in [0.717, 1.165) is 15.7 Å². The second kappa shape index (κ2) is 7.24. The lowest BCUT2D eigenvalue weighted by Gasteiger charge is -2.12. The first-order chi connectivity index (χ1) is 10.0. The zero-order chi connectivity index (χ0) is 15.3. The molecule has 0 saturated heterocycles. The van der Waals surface area contributed by atoms with Gasteiger partial charge in [-0.1, -0.05) is 31.2 Å². The summed E-state index contributed by atoms with van der Waals surface area (Å²) in [6, 6.07) is 14.3. The minimum absolute atomic E-state index is 0.310. The summed E-state index contributed by atoms with van der Waals surface area (Å²) in [6.45, 7) is 3.31. The number of halogens is 1. The first-order valence-electron chi connectivity index (χ1n) is 6.60. The Balaban J connectivity index is 2.31. The molecule has 21 heavy (non-hydrogen) atoms. The quantitative estimate of drug-likeness (QED) is 0.712. The van der Waals surface area contributed by atoms with Crippen molar-refractivity contribution in [1.82, 2.24) is 5.32 Å². The topological polar surface area (TPSA) is 58.2 Å². The van der Waals surface area contributed by atoms with Crippen LogP contribution in [0.1, 0.15) is 12.5 Å². The molecule has 0 aliphatic carbocycles. The molecule has 0 fully saturated rings. The van der Waals surface area contributed by atoms with Crippen LogP contribution in [0.3, 0.4) is 0 Å². The third-order valence-corrected chi connectivity index (χ3v) is 5.06. The van der Waals surface area contributed by atoms with Crippen LogP contribution in [0, 0.1) is 3.57 Å². The van der Waals surface area contributed by atoms with E-state index >= 15 is 0 Å². The first kappa shape index (κ1) is 16.3. The molecule has 0 unspecified atom stereocenters. The number of nitrogens with one attached hydrogen (secondary N) is 2. The molecule has 0 atom stereocenters. The van der Waals surface area contributed by atoms with E-state index in [0.29, 0.717) is 17.1 Å². The fourth-order valence-electron chi connectivity index (χ4n) is 1.93. The average Bonchev–Trinajstić information content (AvgIpc) is 2.45. The van der Waals surface area contributed by atoms with Gasteiger partial charge in [-0.25, -0.2) is 8.42 Å². The summed E-state index contributed by atoms with van der Waals surface area (Å²) in [5.41, 5.74) is 1.33. The molecule has 0 bridgehead atoms. The van der Waals surface area contributed by atoms with Crippen molar-refractivity contribution >= 4 is 38.3 Å². The Labute approximate surface area is 139 Å². The molecule has 2 rings (SSSR count). The van der Waals surface area contributed by atoms with Gasteiger partial charge in [-0.05, 0) is 59.0 Å². The van der Waals surface area contributed by atoms with Gasteiger partial charge in [0, 0.05) is 15.8 Å². The van der Waals surface area contributed by atoms with Gasteiger partial charge < -0.3 is 5.32 Å². The van der Waals surface area contributed by atoms with Gasteiger partial charge in [0.25, 0.3) is 10.0 Å². The monoisotopic (exact) mass is 416 g/mol. The molecule has 0 aliphatic rings. The highest BCUT2D eigenvalue weighted by atomic mass is 127. The fourth-order valence-corrected chi connectivity index (χ4v) is 3.77. The van der Waals surface area contributed by atoms with Crippen molar-refractivity contribution < 1.29 is 8.42 Å². The molecule has 2 aromatic carbocycles. The Bertz CT molecular complexity index is 717. The van der Waals surface area contributed by atoms with Gasteiger partial charge in [0.05, 0.1) is 4.90 Å². The van der Waals surface area contributed by atoms with E-state index in [-0.39, 0.29) is 0 Å². The average molecular weight is 416 g/mol. The van der Waals surface area contributed by atoms with E-state index in [9.17, 15) is 8.42 Å². The van der Waals surface area contributed by atoms with E-state index in [1.54, 1.807) is 24.3 Å². The molecule has 0 saturated carbocycles. The van der Waals surface area contributed by atoms with Gasteiger partial charge in [0.1, 0.15) is 0 Å². The number of hydrogen-bond acceptors (Lipinski definition) is 3. The molecule has 2 aromatic rings. The van der Waals surface area contributed by atoms with Gasteiger partial charge in [-0.3, -0.25) is 4.72 Å². The summed E-state index contributed by atoms with van der Waals surface area (Å²) in [6.07, 6.45) is 0. The van der Waals surface area contributed by atoms with Crippen molar-refractivity contribution in [2.24, 2.45) is 0 Å². The molecule has 0 spiro atoms. The second-order valence-corrected chi connectivity index (χ2v) is 7.40. The fraction of sp³-hybridized carbons (Fsp3) is 0.200. The highest BCUT2D eigenvalue weighted by Gasteiger charge is 2.17. The number of hydrogen-bond donors (Lipinski definition) is 2. The van der Waals surface area contributed by atoms with Crippen molar-refractivity contribution in [2.45, 2.75) is 18.4 Å². The molecular weight excluding hydrogens is 399 g/mol. The lowest BCUT2D eigenvalue weighted by molar-refractivity contribution is 0.598. The second-order valence-electron chi connectivity index (χ2n) is 4.50. The molecular formula is C15H17IN2O2S. The minimum atomic E-state index is -3.58. The molecule has 6 heteroatoms. The summed E-state index contributed by atoms with van der Waals surface area (Å²) >= 11 is 2.15. The SMILES string of the molecule is CCNCc1ccccc1S(=O)(=O)Nc1cccc(I)c1. The van der Waals surface area contributed by atoms with E-state index in [2.05, 4.69) is 32.6 Å². The normalized spacial score (nSPS) is 11.3. The highest BCUT2D eigenvalue weighted by Crippen LogP contribution is 2.20. The Morgan fingerprint density at radius 2 is 1.86 bits per heavy atom. The van der Waals surface area contributed by atoms with Gasteiger partial charge in [-0.15, -0.1) is 0 Å². The first-order valence-corrected chi connectivity index (χ1v) is 9.16. The van der Waals surface area contributed by atoms with Gasteiger partial charge in [0.2, 0.25) is 0 Å². The third kappa shape index (κ3) is 4.42. The van der Waals surface area contributed by atoms with Crippen LogP contribution in [-0.4, -0.2) is 15.0 Å². The van der Waals surface area contributed by atoms with Crippen LogP contribution in [-0.2, 0) is 16.6 Å². The van der Waals surface area contributed by atoms with Gasteiger partial charge in [-0.2, -0.15) is 0 Å². The molecule has 0 radical (unpaired) electrons. The zero-order valence-electron chi connectivity index (χ0n) is 11.6. The Morgan fingerprint density at radius 3 is 2.57 bits per heavy atom. The summed E-state index contributed by atoms with van der Waals surface area (Å²) in [4.78, 5) is 0.310. The van der Waals surface area contributed by atoms with E-state index in [1.165, 1.54) is 0 Å². The molecule has 4 nitrogen and oxygen atoms in total. The molecule has 0 amide bonds. The standard InChI is InChI=1S/C15H17IN2O2S/c1-2-17-11-12-6-3-4-9-15(12)21(19,20)18-14-8-5-7-13(16)10-14/h3-10,17-18H,2,11H2,1H3. The number of rotatable bonds is 6. The lowest BCUT2D eigenvalue weighted by Crippen LogP contribution is -2.18. The maximum atomic E-state index is 12.6. The number of sulfonamides is 1. The van der Waals surface area contributed by atoms with Crippen molar-refractivity contribution in [2.75, 3.05) is 11.3 Å². The maximum Gasteiger partial charge on any atom is 0.262 e. The Kier molecular flexibility index (Phi) is 5.60. The summed E-state index contributed by atoms with van der Waals surface area (Å²) in [5.74, 6) is 0. The van der Waals surface area contributed by atoms with Crippen molar-refractivity contribution in [3.05, 3.63) is 57.7 Å². The predicted octanol–water partition coefficient (Wildman–Crippen LogP) is 3.20. The molecule has 0 aromatic heterocycles. The third-order valence-electron chi connectivity index (χ3n) is 2.90. The van der Waals surface area contributed by atoms with Crippen molar-refractivity contribution in [1.29, 1.82) is 0 Å². The van der Waals surface area contributed by atoms with Crippen LogP contribution in [0.2, 0.25) is 0 Å². The number of anilines is 1. The zero-order valence-corrected chi connectivity index (χ0v) is 14.6. The van der Waals surface area contributed by atoms with E-state index in [1.807, 2.05) is 31.2 Å². The van der Waals surface area contributed by atoms with Crippen LogP contribution < -0.4 is 10.0 Å². The molecule has 112 valence electrons. The van der Waals surface area contributed by atoms with Crippen LogP contribution in [0.5, 0.6) is 0 Å². The summed E-state index contributed by atoms with van der Waals surface area (Å²) < 4.78 is 28.7. The lowest BCUT2D eigenvalue weighted by atomic mass is 10.2. The summed E-state index contributed by atoms with van der Waals surface area (Å²) in [7, 11) is -3.58. The van der Waals surface area contributed by atoms with E-state index in [4.69, 9.17) is 0 Å². The smallest absolute Gasteiger partial charge is 0.262 e. The van der Waals surface area contributed by atoms with Gasteiger partial charge in [0.15, 0.2) is 0 Å². The Morgan fingerprint density at radius 1 is 1.10 bits per heavy atom. The largest absolute Gasteiger partial charge is 0.313 e. The predicted molar refractivity (Wildman–Crippen MR) is 93.8 cm³/mol. The van der Waals surface area contributed by atoms with Crippen LogP contribution in [0.25, 0.3) is 0 Å². The van der Waals surface area contributed by atoms with E-state index < -0.39 is 10.0 Å². The van der Waals surface area contributed by atoms with Crippen LogP contribution >= 0.6 is 22.6 Å². The summed E-state index contributed by atoms with van der Waals surface area (Å²) in [5, 5.41) is 3.16. The van der Waals surface area contributed by atoms with Crippen molar-refractivity contribution in [3.63, 3.8) is 0 Å². The van der Waals surface area contributed by atoms with Crippen LogP contribution in [0.15, 0.2) is 53.4 Å². The van der Waals surface area contributed by atoms with Crippen molar-refractivity contribution in [3.8, 4) is 0 Å². The maximum absolute atomic E-state index is 12.6. The molecule has 0 aliphatic heterocycles. The number of benzene rings is 2. The molecule has 0 heterocycles. The molecule has 2 N–H and O–H groups in total. The highest BCUT2D eigenvalue weighted by molar-refractivity contribution is 14.1. The Hall–Kier alpha value is -1.12. The minimum Gasteiger partial charge on any atom is -0.313 e. The van der Waals surface area contributed by atoms with Gasteiger partial charge >= 0.3 is 0 Å².